The minimum atomic E-state index is 0.507. The summed E-state index contributed by atoms with van der Waals surface area (Å²) >= 11 is 0. The largest absolute Gasteiger partial charge is 0.327 e. The van der Waals surface area contributed by atoms with Gasteiger partial charge in [0.2, 0.25) is 0 Å². The fourth-order valence-electron chi connectivity index (χ4n) is 3.91. The van der Waals surface area contributed by atoms with E-state index in [4.69, 9.17) is 5.73 Å². The number of hydrogen-bond donors (Lipinski definition) is 1. The van der Waals surface area contributed by atoms with Gasteiger partial charge in [-0.25, -0.2) is 0 Å². The number of nitrogens with two attached hydrogens (primary N) is 1. The van der Waals surface area contributed by atoms with E-state index in [0.717, 1.165) is 5.92 Å². The summed E-state index contributed by atoms with van der Waals surface area (Å²) in [4.78, 5) is 0. The molecule has 0 radical (unpaired) electrons. The second-order valence-electron chi connectivity index (χ2n) is 6.79. The lowest BCUT2D eigenvalue weighted by Gasteiger charge is -2.39. The summed E-state index contributed by atoms with van der Waals surface area (Å²) in [5, 5.41) is 0. The molecular weight excluding hydrogens is 230 g/mol. The average molecular weight is 259 g/mol. The van der Waals surface area contributed by atoms with Gasteiger partial charge in [0.1, 0.15) is 0 Å². The highest BCUT2D eigenvalue weighted by molar-refractivity contribution is 5.20. The summed E-state index contributed by atoms with van der Waals surface area (Å²) < 4.78 is 0. The minimum Gasteiger partial charge on any atom is -0.327 e. The molecule has 2 aliphatic rings. The number of aryl methyl sites for hydroxylation is 2. The zero-order chi connectivity index (χ0) is 13.9. The Balaban J connectivity index is 0.000000148. The van der Waals surface area contributed by atoms with Crippen molar-refractivity contribution in [3.8, 4) is 0 Å². The van der Waals surface area contributed by atoms with Crippen LogP contribution in [0.3, 0.4) is 0 Å². The maximum atomic E-state index is 6.12. The zero-order valence-corrected chi connectivity index (χ0v) is 12.8. The first-order valence-electron chi connectivity index (χ1n) is 7.81. The Morgan fingerprint density at radius 3 is 2.26 bits per heavy atom. The van der Waals surface area contributed by atoms with E-state index in [9.17, 15) is 0 Å². The van der Waals surface area contributed by atoms with Crippen LogP contribution in [0.15, 0.2) is 24.3 Å². The summed E-state index contributed by atoms with van der Waals surface area (Å²) in [6.07, 6.45) is 8.38. The monoisotopic (exact) mass is 259 g/mol. The molecule has 0 amide bonds. The summed E-state index contributed by atoms with van der Waals surface area (Å²) in [7, 11) is 0. The van der Waals surface area contributed by atoms with Crippen molar-refractivity contribution in [2.75, 3.05) is 0 Å². The molecule has 2 saturated carbocycles. The van der Waals surface area contributed by atoms with Crippen molar-refractivity contribution in [3.63, 3.8) is 0 Å². The molecule has 106 valence electrons. The fourth-order valence-corrected chi connectivity index (χ4v) is 3.91. The predicted molar refractivity (Wildman–Crippen MR) is 83.2 cm³/mol. The molecule has 19 heavy (non-hydrogen) atoms. The van der Waals surface area contributed by atoms with Gasteiger partial charge in [-0.15, -0.1) is 0 Å². The van der Waals surface area contributed by atoms with Crippen molar-refractivity contribution in [1.29, 1.82) is 0 Å². The van der Waals surface area contributed by atoms with Crippen LogP contribution in [0, 0.1) is 25.2 Å². The highest BCUT2D eigenvalue weighted by atomic mass is 14.7. The lowest BCUT2D eigenvalue weighted by atomic mass is 9.68. The zero-order valence-electron chi connectivity index (χ0n) is 12.8. The molecule has 2 N–H and O–H groups in total. The minimum absolute atomic E-state index is 0.507. The van der Waals surface area contributed by atoms with Crippen molar-refractivity contribution >= 4 is 0 Å². The van der Waals surface area contributed by atoms with E-state index in [2.05, 4.69) is 45.0 Å². The van der Waals surface area contributed by atoms with Gasteiger partial charge in [-0.2, -0.15) is 0 Å². The molecule has 2 fully saturated rings. The molecule has 3 unspecified atom stereocenters. The standard InChI is InChI=1S/C10H19N.C8H10/c1-10-7-3-2-4-8(10)5-6-9(10)11;1-7-4-3-5-8(2)6-7/h8-9H,2-7,11H2,1H3;3-6H,1-2H3. The van der Waals surface area contributed by atoms with Crippen molar-refractivity contribution in [2.24, 2.45) is 17.1 Å². The van der Waals surface area contributed by atoms with E-state index in [-0.39, 0.29) is 0 Å². The van der Waals surface area contributed by atoms with Crippen LogP contribution in [0.4, 0.5) is 0 Å². The molecule has 0 aliphatic heterocycles. The average Bonchev–Trinajstić information content (AvgIpc) is 2.66. The van der Waals surface area contributed by atoms with E-state index in [0.29, 0.717) is 11.5 Å². The fraction of sp³-hybridized carbons (Fsp3) is 0.667. The van der Waals surface area contributed by atoms with Crippen molar-refractivity contribution in [1.82, 2.24) is 0 Å². The maximum absolute atomic E-state index is 6.12. The maximum Gasteiger partial charge on any atom is 0.00956 e. The molecule has 0 saturated heterocycles. The van der Waals surface area contributed by atoms with Crippen LogP contribution in [-0.4, -0.2) is 6.04 Å². The Morgan fingerprint density at radius 2 is 1.74 bits per heavy atom. The molecule has 0 bridgehead atoms. The van der Waals surface area contributed by atoms with Gasteiger partial charge in [0.15, 0.2) is 0 Å². The smallest absolute Gasteiger partial charge is 0.00956 e. The molecule has 0 spiro atoms. The van der Waals surface area contributed by atoms with Gasteiger partial charge in [0.05, 0.1) is 0 Å². The topological polar surface area (TPSA) is 26.0 Å². The Morgan fingerprint density at radius 1 is 1.05 bits per heavy atom. The Bertz CT molecular complexity index is 393. The van der Waals surface area contributed by atoms with Crippen LogP contribution in [-0.2, 0) is 0 Å². The van der Waals surface area contributed by atoms with Crippen molar-refractivity contribution in [2.45, 2.75) is 65.3 Å². The van der Waals surface area contributed by atoms with E-state index >= 15 is 0 Å². The van der Waals surface area contributed by atoms with E-state index in [1.54, 1.807) is 0 Å². The van der Waals surface area contributed by atoms with Gasteiger partial charge in [-0.05, 0) is 50.9 Å². The van der Waals surface area contributed by atoms with Crippen LogP contribution in [0.1, 0.15) is 56.6 Å². The van der Waals surface area contributed by atoms with Crippen LogP contribution < -0.4 is 5.73 Å². The van der Waals surface area contributed by atoms with Gasteiger partial charge >= 0.3 is 0 Å². The van der Waals surface area contributed by atoms with Gasteiger partial charge < -0.3 is 5.73 Å². The number of benzene rings is 1. The van der Waals surface area contributed by atoms with Crippen LogP contribution in [0.25, 0.3) is 0 Å². The molecule has 2 aliphatic carbocycles. The van der Waals surface area contributed by atoms with Crippen LogP contribution in [0.5, 0.6) is 0 Å². The summed E-state index contributed by atoms with van der Waals surface area (Å²) in [5.74, 6) is 0.964. The molecule has 1 aromatic carbocycles. The third-order valence-corrected chi connectivity index (χ3v) is 5.30. The van der Waals surface area contributed by atoms with Gasteiger partial charge in [-0.1, -0.05) is 55.2 Å². The normalized spacial score (nSPS) is 33.3. The van der Waals surface area contributed by atoms with E-state index in [1.165, 1.54) is 49.7 Å². The summed E-state index contributed by atoms with van der Waals surface area (Å²) in [6, 6.07) is 8.96. The predicted octanol–water partition coefficient (Wildman–Crippen LogP) is 4.61. The number of rotatable bonds is 0. The Labute approximate surface area is 118 Å². The summed E-state index contributed by atoms with van der Waals surface area (Å²) in [6.45, 7) is 6.62. The first-order valence-corrected chi connectivity index (χ1v) is 7.81. The quantitative estimate of drug-likeness (QED) is 0.723. The molecule has 3 atom stereocenters. The van der Waals surface area contributed by atoms with Crippen molar-refractivity contribution < 1.29 is 0 Å². The molecule has 3 rings (SSSR count). The lowest BCUT2D eigenvalue weighted by molar-refractivity contribution is 0.134. The molecule has 1 nitrogen and oxygen atoms in total. The summed E-state index contributed by atoms with van der Waals surface area (Å²) in [5.41, 5.74) is 9.33. The van der Waals surface area contributed by atoms with E-state index in [1.807, 2.05) is 0 Å². The van der Waals surface area contributed by atoms with Crippen LogP contribution in [0.2, 0.25) is 0 Å². The number of fused-ring (bicyclic) bond motifs is 1. The number of hydrogen-bond acceptors (Lipinski definition) is 1. The second kappa shape index (κ2) is 6.09. The van der Waals surface area contributed by atoms with Crippen molar-refractivity contribution in [3.05, 3.63) is 35.4 Å². The highest BCUT2D eigenvalue weighted by Crippen LogP contribution is 2.51. The Hall–Kier alpha value is -0.820. The third-order valence-electron chi connectivity index (χ3n) is 5.30. The highest BCUT2D eigenvalue weighted by Gasteiger charge is 2.45. The van der Waals surface area contributed by atoms with Crippen LogP contribution >= 0.6 is 0 Å². The van der Waals surface area contributed by atoms with Gasteiger partial charge in [-0.3, -0.25) is 0 Å². The van der Waals surface area contributed by atoms with Gasteiger partial charge in [0, 0.05) is 6.04 Å². The third kappa shape index (κ3) is 3.39. The molecule has 0 heterocycles. The molecule has 1 heteroatoms. The first kappa shape index (κ1) is 14.6. The first-order chi connectivity index (χ1) is 9.02. The second-order valence-corrected chi connectivity index (χ2v) is 6.79. The van der Waals surface area contributed by atoms with E-state index < -0.39 is 0 Å². The lowest BCUT2D eigenvalue weighted by Crippen LogP contribution is -2.40. The molecule has 1 aromatic rings. The SMILES string of the molecule is CC12CCCCC1CCC2N.Cc1cccc(C)c1. The molecular formula is C18H29N. The molecule has 0 aromatic heterocycles. The van der Waals surface area contributed by atoms with Gasteiger partial charge in [0.25, 0.3) is 0 Å². The Kier molecular flexibility index (Phi) is 4.67.